The zero-order valence-electron chi connectivity index (χ0n) is 8.62. The van der Waals surface area contributed by atoms with Crippen LogP contribution in [0.4, 0.5) is 0 Å². The monoisotopic (exact) mass is 187 g/mol. The second kappa shape index (κ2) is 5.58. The Hall–Kier alpha value is -0.120. The van der Waals surface area contributed by atoms with Crippen LogP contribution in [-0.4, -0.2) is 36.5 Å². The molecule has 0 amide bonds. The van der Waals surface area contributed by atoms with Gasteiger partial charge >= 0.3 is 0 Å². The van der Waals surface area contributed by atoms with Crippen LogP contribution >= 0.6 is 0 Å². The van der Waals surface area contributed by atoms with E-state index in [9.17, 15) is 0 Å². The van der Waals surface area contributed by atoms with Gasteiger partial charge in [0, 0.05) is 19.2 Å². The number of aliphatic hydroxyl groups is 1. The zero-order valence-corrected chi connectivity index (χ0v) is 8.62. The molecule has 0 aromatic heterocycles. The molecule has 1 aliphatic rings. The molecular formula is C10H21NO2. The van der Waals surface area contributed by atoms with Gasteiger partial charge in [-0.2, -0.15) is 0 Å². The normalized spacial score (nSPS) is 27.5. The van der Waals surface area contributed by atoms with Crippen LogP contribution in [0.15, 0.2) is 0 Å². The van der Waals surface area contributed by atoms with E-state index in [1.54, 1.807) is 6.92 Å². The lowest BCUT2D eigenvalue weighted by Gasteiger charge is -2.18. The summed E-state index contributed by atoms with van der Waals surface area (Å²) in [6.45, 7) is 5.54. The fourth-order valence-electron chi connectivity index (χ4n) is 1.68. The number of nitrogens with one attached hydrogen (secondary N) is 1. The van der Waals surface area contributed by atoms with Crippen molar-refractivity contribution in [3.05, 3.63) is 0 Å². The first-order valence-corrected chi connectivity index (χ1v) is 5.21. The minimum Gasteiger partial charge on any atom is -0.392 e. The molecule has 0 bridgehead atoms. The van der Waals surface area contributed by atoms with Crippen molar-refractivity contribution in [2.75, 3.05) is 13.2 Å². The van der Waals surface area contributed by atoms with E-state index in [1.807, 2.05) is 0 Å². The molecule has 78 valence electrons. The maximum absolute atomic E-state index is 9.07. The van der Waals surface area contributed by atoms with E-state index >= 15 is 0 Å². The number of rotatable bonds is 5. The van der Waals surface area contributed by atoms with Crippen LogP contribution in [0.5, 0.6) is 0 Å². The van der Waals surface area contributed by atoms with Crippen LogP contribution in [0.1, 0.15) is 33.1 Å². The molecule has 2 unspecified atom stereocenters. The number of hydrogen-bond donors (Lipinski definition) is 2. The smallest absolute Gasteiger partial charge is 0.0636 e. The van der Waals surface area contributed by atoms with Crippen molar-refractivity contribution in [3.63, 3.8) is 0 Å². The summed E-state index contributed by atoms with van der Waals surface area (Å²) in [5, 5.41) is 12.3. The van der Waals surface area contributed by atoms with Gasteiger partial charge in [0.2, 0.25) is 0 Å². The van der Waals surface area contributed by atoms with Gasteiger partial charge in [0.1, 0.15) is 0 Å². The summed E-state index contributed by atoms with van der Waals surface area (Å²) in [6, 6.07) is 0.442. The molecule has 0 aromatic carbocycles. The van der Waals surface area contributed by atoms with Gasteiger partial charge in [-0.15, -0.1) is 0 Å². The molecule has 0 saturated carbocycles. The molecular weight excluding hydrogens is 166 g/mol. The van der Waals surface area contributed by atoms with E-state index in [1.165, 1.54) is 12.8 Å². The summed E-state index contributed by atoms with van der Waals surface area (Å²) in [5.74, 6) is 0. The standard InChI is InChI=1S/C10H21NO2/c1-8(11-7-9(2)12)6-10-4-3-5-13-10/h8-12H,3-7H2,1-2H3/t8?,9-,10?/m1/s1. The molecule has 3 nitrogen and oxygen atoms in total. The largest absolute Gasteiger partial charge is 0.392 e. The molecule has 1 saturated heterocycles. The first-order valence-electron chi connectivity index (χ1n) is 5.21. The third-order valence-corrected chi connectivity index (χ3v) is 2.40. The number of ether oxygens (including phenoxy) is 1. The first kappa shape index (κ1) is 11.0. The predicted octanol–water partition coefficient (Wildman–Crippen LogP) is 0.914. The van der Waals surface area contributed by atoms with Crippen molar-refractivity contribution in [2.45, 2.75) is 51.4 Å². The second-order valence-corrected chi connectivity index (χ2v) is 4.03. The topological polar surface area (TPSA) is 41.5 Å². The lowest BCUT2D eigenvalue weighted by Crippen LogP contribution is -2.34. The summed E-state index contributed by atoms with van der Waals surface area (Å²) < 4.78 is 5.53. The molecule has 0 spiro atoms. The van der Waals surface area contributed by atoms with E-state index in [0.717, 1.165) is 13.0 Å². The molecule has 1 aliphatic heterocycles. The van der Waals surface area contributed by atoms with E-state index in [0.29, 0.717) is 18.7 Å². The van der Waals surface area contributed by atoms with Crippen LogP contribution in [0.25, 0.3) is 0 Å². The molecule has 1 heterocycles. The highest BCUT2D eigenvalue weighted by Crippen LogP contribution is 2.16. The molecule has 3 heteroatoms. The lowest BCUT2D eigenvalue weighted by molar-refractivity contribution is 0.0939. The fraction of sp³-hybridized carbons (Fsp3) is 1.00. The lowest BCUT2D eigenvalue weighted by atomic mass is 10.1. The van der Waals surface area contributed by atoms with Crippen LogP contribution in [-0.2, 0) is 4.74 Å². The molecule has 1 fully saturated rings. The Morgan fingerprint density at radius 1 is 1.54 bits per heavy atom. The predicted molar refractivity (Wildman–Crippen MR) is 52.7 cm³/mol. The van der Waals surface area contributed by atoms with Crippen molar-refractivity contribution in [3.8, 4) is 0 Å². The molecule has 2 N–H and O–H groups in total. The maximum atomic E-state index is 9.07. The molecule has 0 aliphatic carbocycles. The SMILES string of the molecule is CC(CC1CCCO1)NC[C@@H](C)O. The van der Waals surface area contributed by atoms with Crippen LogP contribution < -0.4 is 5.32 Å². The second-order valence-electron chi connectivity index (χ2n) is 4.03. The highest BCUT2D eigenvalue weighted by atomic mass is 16.5. The third-order valence-electron chi connectivity index (χ3n) is 2.40. The Morgan fingerprint density at radius 3 is 2.85 bits per heavy atom. The average molecular weight is 187 g/mol. The highest BCUT2D eigenvalue weighted by molar-refractivity contribution is 4.72. The van der Waals surface area contributed by atoms with Crippen molar-refractivity contribution < 1.29 is 9.84 Å². The fourth-order valence-corrected chi connectivity index (χ4v) is 1.68. The highest BCUT2D eigenvalue weighted by Gasteiger charge is 2.18. The van der Waals surface area contributed by atoms with E-state index in [2.05, 4.69) is 12.2 Å². The Labute approximate surface area is 80.5 Å². The van der Waals surface area contributed by atoms with Gasteiger partial charge in [0.25, 0.3) is 0 Å². The summed E-state index contributed by atoms with van der Waals surface area (Å²) in [4.78, 5) is 0. The average Bonchev–Trinajstić information content (AvgIpc) is 2.53. The summed E-state index contributed by atoms with van der Waals surface area (Å²) in [6.07, 6.45) is 3.64. The molecule has 13 heavy (non-hydrogen) atoms. The Bertz CT molecular complexity index is 133. The summed E-state index contributed by atoms with van der Waals surface area (Å²) in [5.41, 5.74) is 0. The van der Waals surface area contributed by atoms with Crippen molar-refractivity contribution in [1.82, 2.24) is 5.32 Å². The Kier molecular flexibility index (Phi) is 4.70. The van der Waals surface area contributed by atoms with Crippen LogP contribution in [0, 0.1) is 0 Å². The van der Waals surface area contributed by atoms with Crippen LogP contribution in [0.3, 0.4) is 0 Å². The van der Waals surface area contributed by atoms with E-state index in [4.69, 9.17) is 9.84 Å². The summed E-state index contributed by atoms with van der Waals surface area (Å²) >= 11 is 0. The Morgan fingerprint density at radius 2 is 2.31 bits per heavy atom. The maximum Gasteiger partial charge on any atom is 0.0636 e. The molecule has 1 rings (SSSR count). The van der Waals surface area contributed by atoms with Crippen LogP contribution in [0.2, 0.25) is 0 Å². The van der Waals surface area contributed by atoms with Gasteiger partial charge in [0.15, 0.2) is 0 Å². The van der Waals surface area contributed by atoms with Gasteiger partial charge in [-0.3, -0.25) is 0 Å². The van der Waals surface area contributed by atoms with Crippen molar-refractivity contribution >= 4 is 0 Å². The number of aliphatic hydroxyl groups excluding tert-OH is 1. The van der Waals surface area contributed by atoms with Gasteiger partial charge in [-0.25, -0.2) is 0 Å². The van der Waals surface area contributed by atoms with Gasteiger partial charge < -0.3 is 15.2 Å². The number of hydrogen-bond acceptors (Lipinski definition) is 3. The first-order chi connectivity index (χ1) is 6.18. The molecule has 0 radical (unpaired) electrons. The summed E-state index contributed by atoms with van der Waals surface area (Å²) in [7, 11) is 0. The minimum atomic E-state index is -0.257. The van der Waals surface area contributed by atoms with Gasteiger partial charge in [-0.1, -0.05) is 0 Å². The quantitative estimate of drug-likeness (QED) is 0.672. The van der Waals surface area contributed by atoms with Crippen molar-refractivity contribution in [1.29, 1.82) is 0 Å². The molecule has 3 atom stereocenters. The Balaban J connectivity index is 2.05. The molecule has 0 aromatic rings. The van der Waals surface area contributed by atoms with Gasteiger partial charge in [0.05, 0.1) is 12.2 Å². The van der Waals surface area contributed by atoms with E-state index < -0.39 is 0 Å². The third kappa shape index (κ3) is 4.60. The van der Waals surface area contributed by atoms with Crippen molar-refractivity contribution in [2.24, 2.45) is 0 Å². The minimum absolute atomic E-state index is 0.257. The van der Waals surface area contributed by atoms with Gasteiger partial charge in [-0.05, 0) is 33.1 Å². The zero-order chi connectivity index (χ0) is 9.68. The van der Waals surface area contributed by atoms with E-state index in [-0.39, 0.29) is 6.10 Å².